The van der Waals surface area contributed by atoms with Crippen LogP contribution in [0, 0.1) is 0 Å². The molecule has 2 rings (SSSR count). The predicted octanol–water partition coefficient (Wildman–Crippen LogP) is 1.60. The maximum atomic E-state index is 11.2. The molecule has 0 radical (unpaired) electrons. The number of imidazole rings is 1. The quantitative estimate of drug-likeness (QED) is 0.772. The summed E-state index contributed by atoms with van der Waals surface area (Å²) in [6.45, 7) is 4.89. The Morgan fingerprint density at radius 2 is 2.33 bits per heavy atom. The van der Waals surface area contributed by atoms with Gasteiger partial charge in [-0.3, -0.25) is 4.79 Å². The normalized spacial score (nSPS) is 17.1. The molecule has 0 spiro atoms. The van der Waals surface area contributed by atoms with Crippen LogP contribution < -0.4 is 5.32 Å². The van der Waals surface area contributed by atoms with E-state index in [-0.39, 0.29) is 0 Å². The van der Waals surface area contributed by atoms with E-state index in [0.29, 0.717) is 24.9 Å². The molecular weight excluding hydrogens is 230 g/mol. The SMILES string of the molecule is CC(C)c1nccn1CCC(NC1CC1)C(=O)O. The fraction of sp³-hybridized carbons (Fsp3) is 0.692. The maximum Gasteiger partial charge on any atom is 0.320 e. The second-order valence-electron chi connectivity index (χ2n) is 5.25. The molecule has 0 saturated heterocycles. The molecule has 1 aliphatic rings. The second kappa shape index (κ2) is 5.52. The van der Waals surface area contributed by atoms with Gasteiger partial charge in [-0.25, -0.2) is 4.98 Å². The van der Waals surface area contributed by atoms with E-state index in [9.17, 15) is 4.79 Å². The van der Waals surface area contributed by atoms with Crippen molar-refractivity contribution in [1.82, 2.24) is 14.9 Å². The zero-order chi connectivity index (χ0) is 13.1. The molecule has 5 heteroatoms. The van der Waals surface area contributed by atoms with Crippen LogP contribution in [0.15, 0.2) is 12.4 Å². The molecule has 1 aromatic rings. The molecule has 2 N–H and O–H groups in total. The number of aliphatic carboxylic acids is 1. The summed E-state index contributed by atoms with van der Waals surface area (Å²) in [5.41, 5.74) is 0. The van der Waals surface area contributed by atoms with Crippen molar-refractivity contribution in [2.45, 2.75) is 57.7 Å². The summed E-state index contributed by atoms with van der Waals surface area (Å²) in [6.07, 6.45) is 6.50. The lowest BCUT2D eigenvalue weighted by Gasteiger charge is -2.16. The highest BCUT2D eigenvalue weighted by Gasteiger charge is 2.28. The van der Waals surface area contributed by atoms with E-state index in [1.54, 1.807) is 6.20 Å². The van der Waals surface area contributed by atoms with E-state index >= 15 is 0 Å². The van der Waals surface area contributed by atoms with Crippen LogP contribution in [0.25, 0.3) is 0 Å². The number of rotatable bonds is 7. The molecule has 0 bridgehead atoms. The molecule has 1 fully saturated rings. The van der Waals surface area contributed by atoms with Gasteiger partial charge < -0.3 is 15.0 Å². The summed E-state index contributed by atoms with van der Waals surface area (Å²) < 4.78 is 2.05. The van der Waals surface area contributed by atoms with Crippen LogP contribution in [0.3, 0.4) is 0 Å². The molecule has 0 aromatic carbocycles. The van der Waals surface area contributed by atoms with Gasteiger partial charge in [0.05, 0.1) is 0 Å². The fourth-order valence-corrected chi connectivity index (χ4v) is 2.09. The van der Waals surface area contributed by atoms with Crippen LogP contribution in [0.1, 0.15) is 44.9 Å². The van der Waals surface area contributed by atoms with E-state index in [0.717, 1.165) is 18.7 Å². The van der Waals surface area contributed by atoms with Gasteiger partial charge in [0, 0.05) is 30.9 Å². The predicted molar refractivity (Wildman–Crippen MR) is 68.5 cm³/mol. The van der Waals surface area contributed by atoms with E-state index < -0.39 is 12.0 Å². The summed E-state index contributed by atoms with van der Waals surface area (Å²) >= 11 is 0. The van der Waals surface area contributed by atoms with Gasteiger partial charge in [-0.2, -0.15) is 0 Å². The molecule has 0 aliphatic heterocycles. The largest absolute Gasteiger partial charge is 0.480 e. The van der Waals surface area contributed by atoms with Crippen molar-refractivity contribution in [2.75, 3.05) is 0 Å². The van der Waals surface area contributed by atoms with Gasteiger partial charge in [-0.1, -0.05) is 13.8 Å². The molecule has 18 heavy (non-hydrogen) atoms. The number of nitrogens with zero attached hydrogens (tertiary/aromatic N) is 2. The Morgan fingerprint density at radius 3 is 2.89 bits per heavy atom. The maximum absolute atomic E-state index is 11.2. The summed E-state index contributed by atoms with van der Waals surface area (Å²) in [4.78, 5) is 15.5. The lowest BCUT2D eigenvalue weighted by molar-refractivity contribution is -0.139. The van der Waals surface area contributed by atoms with Crippen molar-refractivity contribution < 1.29 is 9.90 Å². The Balaban J connectivity index is 1.91. The number of carbonyl (C=O) groups is 1. The molecule has 5 nitrogen and oxygen atoms in total. The third-order valence-electron chi connectivity index (χ3n) is 3.24. The summed E-state index contributed by atoms with van der Waals surface area (Å²) in [7, 11) is 0. The van der Waals surface area contributed by atoms with E-state index in [1.807, 2.05) is 6.20 Å². The van der Waals surface area contributed by atoms with Gasteiger partial charge in [-0.05, 0) is 19.3 Å². The van der Waals surface area contributed by atoms with Gasteiger partial charge in [0.2, 0.25) is 0 Å². The van der Waals surface area contributed by atoms with E-state index in [4.69, 9.17) is 5.11 Å². The Labute approximate surface area is 107 Å². The number of carboxylic acids is 1. The first kappa shape index (κ1) is 13.1. The number of carboxylic acid groups (broad SMARTS) is 1. The van der Waals surface area contributed by atoms with Crippen molar-refractivity contribution in [3.8, 4) is 0 Å². The highest BCUT2D eigenvalue weighted by Crippen LogP contribution is 2.20. The minimum Gasteiger partial charge on any atom is -0.480 e. The molecule has 1 saturated carbocycles. The van der Waals surface area contributed by atoms with Crippen LogP contribution in [-0.4, -0.2) is 32.7 Å². The first-order valence-corrected chi connectivity index (χ1v) is 6.58. The second-order valence-corrected chi connectivity index (χ2v) is 5.25. The highest BCUT2D eigenvalue weighted by atomic mass is 16.4. The van der Waals surface area contributed by atoms with Crippen LogP contribution in [0.5, 0.6) is 0 Å². The lowest BCUT2D eigenvalue weighted by Crippen LogP contribution is -2.38. The van der Waals surface area contributed by atoms with Gasteiger partial charge in [0.25, 0.3) is 0 Å². The Kier molecular flexibility index (Phi) is 4.01. The fourth-order valence-electron chi connectivity index (χ4n) is 2.09. The summed E-state index contributed by atoms with van der Waals surface area (Å²) in [6, 6.07) is -0.0293. The van der Waals surface area contributed by atoms with E-state index in [1.165, 1.54) is 0 Å². The third kappa shape index (κ3) is 3.32. The molecular formula is C13H21N3O2. The molecule has 0 amide bonds. The van der Waals surface area contributed by atoms with Gasteiger partial charge >= 0.3 is 5.97 Å². The number of hydrogen-bond acceptors (Lipinski definition) is 3. The smallest absolute Gasteiger partial charge is 0.320 e. The van der Waals surface area contributed by atoms with Crippen molar-refractivity contribution in [1.29, 1.82) is 0 Å². The standard InChI is InChI=1S/C13H21N3O2/c1-9(2)12-14-6-8-16(12)7-5-11(13(17)18)15-10-3-4-10/h6,8-11,15H,3-5,7H2,1-2H3,(H,17,18). The van der Waals surface area contributed by atoms with E-state index in [2.05, 4.69) is 28.7 Å². The topological polar surface area (TPSA) is 67.2 Å². The average Bonchev–Trinajstić information content (AvgIpc) is 2.99. The van der Waals surface area contributed by atoms with Crippen LogP contribution in [0.2, 0.25) is 0 Å². The zero-order valence-electron chi connectivity index (χ0n) is 11.0. The molecule has 1 aliphatic carbocycles. The molecule has 1 unspecified atom stereocenters. The first-order valence-electron chi connectivity index (χ1n) is 6.58. The molecule has 100 valence electrons. The monoisotopic (exact) mass is 251 g/mol. The summed E-state index contributed by atoms with van der Waals surface area (Å²) in [5, 5.41) is 12.3. The minimum absolute atomic E-state index is 0.361. The average molecular weight is 251 g/mol. The van der Waals surface area contributed by atoms with Gasteiger partial charge in [0.1, 0.15) is 11.9 Å². The highest BCUT2D eigenvalue weighted by molar-refractivity contribution is 5.73. The number of hydrogen-bond donors (Lipinski definition) is 2. The van der Waals surface area contributed by atoms with Gasteiger partial charge in [-0.15, -0.1) is 0 Å². The van der Waals surface area contributed by atoms with Crippen LogP contribution in [-0.2, 0) is 11.3 Å². The van der Waals surface area contributed by atoms with Crippen molar-refractivity contribution >= 4 is 5.97 Å². The zero-order valence-corrected chi connectivity index (χ0v) is 11.0. The third-order valence-corrected chi connectivity index (χ3v) is 3.24. The van der Waals surface area contributed by atoms with Gasteiger partial charge in [0.15, 0.2) is 0 Å². The lowest BCUT2D eigenvalue weighted by atomic mass is 10.2. The first-order chi connectivity index (χ1) is 8.58. The number of aryl methyl sites for hydroxylation is 1. The number of aromatic nitrogens is 2. The summed E-state index contributed by atoms with van der Waals surface area (Å²) in [5.74, 6) is 0.623. The van der Waals surface area contributed by atoms with Crippen LogP contribution in [0.4, 0.5) is 0 Å². The van der Waals surface area contributed by atoms with Crippen LogP contribution >= 0.6 is 0 Å². The number of nitrogens with one attached hydrogen (secondary N) is 1. The Bertz CT molecular complexity index is 410. The molecule has 1 atom stereocenters. The Hall–Kier alpha value is -1.36. The molecule has 1 aromatic heterocycles. The Morgan fingerprint density at radius 1 is 1.61 bits per heavy atom. The van der Waals surface area contributed by atoms with Crippen molar-refractivity contribution in [3.05, 3.63) is 18.2 Å². The minimum atomic E-state index is -0.756. The van der Waals surface area contributed by atoms with Crippen molar-refractivity contribution in [3.63, 3.8) is 0 Å². The molecule has 1 heterocycles. The van der Waals surface area contributed by atoms with Crippen molar-refractivity contribution in [2.24, 2.45) is 0 Å².